The van der Waals surface area contributed by atoms with E-state index in [1.165, 1.54) is 13.0 Å². The molecule has 0 amide bonds. The van der Waals surface area contributed by atoms with E-state index in [1.54, 1.807) is 24.3 Å². The lowest BCUT2D eigenvalue weighted by atomic mass is 10.1. The lowest BCUT2D eigenvalue weighted by Crippen LogP contribution is -1.97. The second-order valence-corrected chi connectivity index (χ2v) is 4.86. The molecule has 0 saturated carbocycles. The molecule has 114 valence electrons. The maximum atomic E-state index is 14.0. The second kappa shape index (κ2) is 6.39. The molecule has 0 atom stereocenters. The molecule has 3 nitrogen and oxygen atoms in total. The molecule has 1 N–H and O–H groups in total. The van der Waals surface area contributed by atoms with Gasteiger partial charge in [0, 0.05) is 5.57 Å². The third kappa shape index (κ3) is 3.69. The summed E-state index contributed by atoms with van der Waals surface area (Å²) in [5.41, 5.74) is 1.09. The highest BCUT2D eigenvalue weighted by atomic mass is 19.1. The summed E-state index contributed by atoms with van der Waals surface area (Å²) < 4.78 is 33.2. The van der Waals surface area contributed by atoms with Crippen molar-refractivity contribution in [2.45, 2.75) is 13.8 Å². The quantitative estimate of drug-likeness (QED) is 0.843. The average Bonchev–Trinajstić information content (AvgIpc) is 2.44. The van der Waals surface area contributed by atoms with Gasteiger partial charge in [0.05, 0.1) is 0 Å². The molecule has 5 heteroatoms. The van der Waals surface area contributed by atoms with Crippen molar-refractivity contribution in [1.29, 1.82) is 0 Å². The van der Waals surface area contributed by atoms with E-state index in [-0.39, 0.29) is 11.1 Å². The zero-order chi connectivity index (χ0) is 16.3. The minimum atomic E-state index is -1.15. The van der Waals surface area contributed by atoms with Crippen molar-refractivity contribution in [2.75, 3.05) is 0 Å². The molecule has 0 spiro atoms. The summed E-state index contributed by atoms with van der Waals surface area (Å²) in [5, 5.41) is 8.77. The van der Waals surface area contributed by atoms with Crippen LogP contribution >= 0.6 is 0 Å². The fourth-order valence-corrected chi connectivity index (χ4v) is 1.80. The minimum Gasteiger partial charge on any atom is -0.478 e. The van der Waals surface area contributed by atoms with Gasteiger partial charge in [-0.1, -0.05) is 17.7 Å². The standard InChI is InChI=1S/C17H14F2O3/c1-10-3-5-13(6-4-10)22-16-14(18)8-12(9-15(16)19)7-11(2)17(20)21/h3-9H,1-2H3,(H,20,21)/b11-7+. The number of ether oxygens (including phenoxy) is 1. The van der Waals surface area contributed by atoms with Crippen LogP contribution in [-0.2, 0) is 4.79 Å². The first-order valence-corrected chi connectivity index (χ1v) is 6.52. The SMILES string of the molecule is C/C(=C\c1cc(F)c(Oc2ccc(C)cc2)c(F)c1)C(=O)O. The van der Waals surface area contributed by atoms with E-state index in [0.717, 1.165) is 17.7 Å². The van der Waals surface area contributed by atoms with Crippen molar-refractivity contribution in [3.8, 4) is 11.5 Å². The molecule has 0 aliphatic rings. The normalized spacial score (nSPS) is 11.4. The van der Waals surface area contributed by atoms with Crippen LogP contribution in [0.3, 0.4) is 0 Å². The van der Waals surface area contributed by atoms with Crippen LogP contribution in [0.2, 0.25) is 0 Å². The highest BCUT2D eigenvalue weighted by Crippen LogP contribution is 2.29. The molecule has 0 aliphatic carbocycles. The van der Waals surface area contributed by atoms with Gasteiger partial charge in [-0.05, 0) is 49.8 Å². The highest BCUT2D eigenvalue weighted by molar-refractivity contribution is 5.91. The van der Waals surface area contributed by atoms with E-state index in [4.69, 9.17) is 9.84 Å². The van der Waals surface area contributed by atoms with Crippen molar-refractivity contribution in [1.82, 2.24) is 0 Å². The topological polar surface area (TPSA) is 46.5 Å². The smallest absolute Gasteiger partial charge is 0.331 e. The monoisotopic (exact) mass is 304 g/mol. The Kier molecular flexibility index (Phi) is 4.56. The Morgan fingerprint density at radius 2 is 1.68 bits per heavy atom. The van der Waals surface area contributed by atoms with Gasteiger partial charge in [-0.15, -0.1) is 0 Å². The zero-order valence-electron chi connectivity index (χ0n) is 12.1. The number of carboxylic acid groups (broad SMARTS) is 1. The van der Waals surface area contributed by atoms with Gasteiger partial charge in [0.1, 0.15) is 5.75 Å². The minimum absolute atomic E-state index is 0.0222. The maximum absolute atomic E-state index is 14.0. The molecule has 2 aromatic carbocycles. The molecule has 0 aliphatic heterocycles. The van der Waals surface area contributed by atoms with Crippen molar-refractivity contribution in [3.63, 3.8) is 0 Å². The molecule has 0 aromatic heterocycles. The van der Waals surface area contributed by atoms with Crippen LogP contribution in [0.1, 0.15) is 18.1 Å². The highest BCUT2D eigenvalue weighted by Gasteiger charge is 2.14. The predicted molar refractivity (Wildman–Crippen MR) is 78.9 cm³/mol. The van der Waals surface area contributed by atoms with Crippen LogP contribution in [0.25, 0.3) is 6.08 Å². The van der Waals surface area contributed by atoms with Gasteiger partial charge in [0.15, 0.2) is 17.4 Å². The van der Waals surface area contributed by atoms with Crippen molar-refractivity contribution >= 4 is 12.0 Å². The van der Waals surface area contributed by atoms with Crippen molar-refractivity contribution in [2.24, 2.45) is 0 Å². The van der Waals surface area contributed by atoms with Gasteiger partial charge in [-0.3, -0.25) is 0 Å². The second-order valence-electron chi connectivity index (χ2n) is 4.86. The molecule has 0 heterocycles. The van der Waals surface area contributed by atoms with Gasteiger partial charge < -0.3 is 9.84 Å². The van der Waals surface area contributed by atoms with E-state index in [1.807, 2.05) is 6.92 Å². The number of aryl methyl sites for hydroxylation is 1. The van der Waals surface area contributed by atoms with Gasteiger partial charge in [-0.25, -0.2) is 13.6 Å². The summed E-state index contributed by atoms with van der Waals surface area (Å²) in [6.07, 6.45) is 1.18. The summed E-state index contributed by atoms with van der Waals surface area (Å²) in [5.74, 6) is -3.15. The Labute approximate surface area is 126 Å². The lowest BCUT2D eigenvalue weighted by Gasteiger charge is -2.09. The van der Waals surface area contributed by atoms with Crippen LogP contribution in [0.15, 0.2) is 42.0 Å². The van der Waals surface area contributed by atoms with Gasteiger partial charge in [0.25, 0.3) is 0 Å². The van der Waals surface area contributed by atoms with Gasteiger partial charge in [-0.2, -0.15) is 0 Å². The van der Waals surface area contributed by atoms with E-state index >= 15 is 0 Å². The van der Waals surface area contributed by atoms with E-state index in [0.29, 0.717) is 5.75 Å². The molecule has 0 unspecified atom stereocenters. The molecule has 0 radical (unpaired) electrons. The van der Waals surface area contributed by atoms with Crippen LogP contribution in [0, 0.1) is 18.6 Å². The first-order valence-electron chi connectivity index (χ1n) is 6.52. The number of carboxylic acids is 1. The van der Waals surface area contributed by atoms with Gasteiger partial charge in [0.2, 0.25) is 0 Å². The average molecular weight is 304 g/mol. The number of hydrogen-bond donors (Lipinski definition) is 1. The van der Waals surface area contributed by atoms with Gasteiger partial charge >= 0.3 is 5.97 Å². The summed E-state index contributed by atoms with van der Waals surface area (Å²) in [4.78, 5) is 10.7. The number of carbonyl (C=O) groups is 1. The summed E-state index contributed by atoms with van der Waals surface area (Å²) in [6.45, 7) is 3.23. The van der Waals surface area contributed by atoms with E-state index in [2.05, 4.69) is 0 Å². The summed E-state index contributed by atoms with van der Waals surface area (Å²) in [6, 6.07) is 8.79. The third-order valence-electron chi connectivity index (χ3n) is 2.98. The van der Waals surface area contributed by atoms with Crippen molar-refractivity contribution < 1.29 is 23.4 Å². The summed E-state index contributed by atoms with van der Waals surface area (Å²) >= 11 is 0. The fourth-order valence-electron chi connectivity index (χ4n) is 1.80. The number of rotatable bonds is 4. The Hall–Kier alpha value is -2.69. The molecule has 0 fully saturated rings. The molecular weight excluding hydrogens is 290 g/mol. The molecule has 2 rings (SSSR count). The predicted octanol–water partition coefficient (Wildman–Crippen LogP) is 4.55. The van der Waals surface area contributed by atoms with Crippen LogP contribution < -0.4 is 4.74 Å². The molecule has 0 saturated heterocycles. The number of aliphatic carboxylic acids is 1. The molecule has 22 heavy (non-hydrogen) atoms. The molecule has 2 aromatic rings. The van der Waals surface area contributed by atoms with Crippen molar-refractivity contribution in [3.05, 3.63) is 64.7 Å². The third-order valence-corrected chi connectivity index (χ3v) is 2.98. The first kappa shape index (κ1) is 15.7. The maximum Gasteiger partial charge on any atom is 0.331 e. The zero-order valence-corrected chi connectivity index (χ0v) is 12.1. The Bertz CT molecular complexity index is 711. The number of halogens is 2. The van der Waals surface area contributed by atoms with E-state index < -0.39 is 23.4 Å². The molecular formula is C17H14F2O3. The first-order chi connectivity index (χ1) is 10.4. The Balaban J connectivity index is 2.33. The van der Waals surface area contributed by atoms with Crippen LogP contribution in [0.4, 0.5) is 8.78 Å². The number of benzene rings is 2. The largest absolute Gasteiger partial charge is 0.478 e. The lowest BCUT2D eigenvalue weighted by molar-refractivity contribution is -0.132. The van der Waals surface area contributed by atoms with E-state index in [9.17, 15) is 13.6 Å². The van der Waals surface area contributed by atoms with Crippen LogP contribution in [0.5, 0.6) is 11.5 Å². The molecule has 0 bridgehead atoms. The number of hydrogen-bond acceptors (Lipinski definition) is 2. The van der Waals surface area contributed by atoms with Crippen LogP contribution in [-0.4, -0.2) is 11.1 Å². The fraction of sp³-hybridized carbons (Fsp3) is 0.118. The summed E-state index contributed by atoms with van der Waals surface area (Å²) in [7, 11) is 0. The Morgan fingerprint density at radius 3 is 2.18 bits per heavy atom. The Morgan fingerprint density at radius 1 is 1.14 bits per heavy atom.